The van der Waals surface area contributed by atoms with E-state index < -0.39 is 8.60 Å². The van der Waals surface area contributed by atoms with Gasteiger partial charge in [-0.15, -0.1) is 0 Å². The summed E-state index contributed by atoms with van der Waals surface area (Å²) in [5, 5.41) is 2.41. The molecule has 2 aliphatic rings. The Kier molecular flexibility index (Phi) is 6.19. The van der Waals surface area contributed by atoms with Gasteiger partial charge in [0.05, 0.1) is 6.10 Å². The molecule has 0 fully saturated rings. The molecule has 4 heteroatoms. The molecule has 0 aromatic heterocycles. The van der Waals surface area contributed by atoms with Gasteiger partial charge in [0.25, 0.3) is 0 Å². The predicted molar refractivity (Wildman–Crippen MR) is 159 cm³/mol. The van der Waals surface area contributed by atoms with Crippen molar-refractivity contribution >= 4 is 24.9 Å². The smallest absolute Gasteiger partial charge is 0.417 e. The molecule has 5 aromatic rings. The van der Waals surface area contributed by atoms with Crippen LogP contribution in [-0.2, 0) is 10.9 Å². The highest BCUT2D eigenvalue weighted by atomic mass is 31.2. The largest absolute Gasteiger partial charge is 0.463 e. The Bertz CT molecular complexity index is 1690. The Labute approximate surface area is 230 Å². The molecule has 3 atom stereocenters. The fourth-order valence-corrected chi connectivity index (χ4v) is 7.16. The van der Waals surface area contributed by atoms with Crippen LogP contribution in [0.3, 0.4) is 0 Å². The maximum Gasteiger partial charge on any atom is 0.463 e. The first kappa shape index (κ1) is 24.2. The van der Waals surface area contributed by atoms with E-state index in [1.165, 1.54) is 27.5 Å². The number of hydrogen-bond acceptors (Lipinski definition) is 3. The van der Waals surface area contributed by atoms with Crippen molar-refractivity contribution in [2.45, 2.75) is 31.8 Å². The lowest BCUT2D eigenvalue weighted by molar-refractivity contribution is 0.157. The van der Waals surface area contributed by atoms with Crippen LogP contribution in [0.1, 0.15) is 45.7 Å². The van der Waals surface area contributed by atoms with Crippen molar-refractivity contribution in [3.8, 4) is 11.5 Å². The van der Waals surface area contributed by atoms with E-state index in [0.29, 0.717) is 0 Å². The van der Waals surface area contributed by atoms with Gasteiger partial charge in [0.1, 0.15) is 11.5 Å². The highest BCUT2D eigenvalue weighted by Gasteiger charge is 2.41. The van der Waals surface area contributed by atoms with E-state index in [0.717, 1.165) is 46.6 Å². The van der Waals surface area contributed by atoms with E-state index in [4.69, 9.17) is 13.6 Å². The summed E-state index contributed by atoms with van der Waals surface area (Å²) in [7, 11) is -1.71. The van der Waals surface area contributed by atoms with Crippen LogP contribution in [0, 0.1) is 6.92 Å². The van der Waals surface area contributed by atoms with Gasteiger partial charge in [-0.3, -0.25) is 4.52 Å². The minimum Gasteiger partial charge on any atom is -0.417 e. The van der Waals surface area contributed by atoms with Crippen molar-refractivity contribution in [3.63, 3.8) is 0 Å². The molecule has 0 amide bonds. The normalized spacial score (nSPS) is 19.7. The van der Waals surface area contributed by atoms with Crippen LogP contribution in [0.15, 0.2) is 116 Å². The molecule has 1 aliphatic heterocycles. The van der Waals surface area contributed by atoms with E-state index in [1.807, 2.05) is 24.3 Å². The summed E-state index contributed by atoms with van der Waals surface area (Å²) in [6, 6.07) is 37.9. The standard InChI is InChI=1S/C35H29O3P/c1-23-16-19-31(30(22-23)24(2)25-10-4-3-5-11-25)36-39-37-32-20-17-26-12-6-8-14-28(26)34(32)35-29-15-9-7-13-27(29)18-21-33(35)38-39/h3-17,19-20,22,33,35H,2,18,21H2,1H3. The molecule has 7 rings (SSSR count). The highest BCUT2D eigenvalue weighted by molar-refractivity contribution is 7.42. The number of hydrogen-bond donors (Lipinski definition) is 0. The number of fused-ring (bicyclic) bond motifs is 7. The first-order valence-electron chi connectivity index (χ1n) is 13.4. The van der Waals surface area contributed by atoms with Crippen molar-refractivity contribution in [1.82, 2.24) is 0 Å². The number of rotatable bonds is 4. The molecular formula is C35H29O3P. The summed E-state index contributed by atoms with van der Waals surface area (Å²) in [4.78, 5) is 0. The molecule has 39 heavy (non-hydrogen) atoms. The van der Waals surface area contributed by atoms with E-state index in [2.05, 4.69) is 98.4 Å². The molecule has 0 spiro atoms. The van der Waals surface area contributed by atoms with Crippen LogP contribution in [-0.4, -0.2) is 6.10 Å². The van der Waals surface area contributed by atoms with Crippen molar-refractivity contribution in [2.24, 2.45) is 0 Å². The maximum absolute atomic E-state index is 6.77. The molecular weight excluding hydrogens is 499 g/mol. The highest BCUT2D eigenvalue weighted by Crippen LogP contribution is 2.56. The summed E-state index contributed by atoms with van der Waals surface area (Å²) in [6.45, 7) is 6.50. The van der Waals surface area contributed by atoms with Crippen molar-refractivity contribution in [1.29, 1.82) is 0 Å². The van der Waals surface area contributed by atoms with Crippen LogP contribution in [0.25, 0.3) is 16.3 Å². The number of aryl methyl sites for hydroxylation is 2. The zero-order chi connectivity index (χ0) is 26.3. The van der Waals surface area contributed by atoms with Crippen molar-refractivity contribution in [3.05, 3.63) is 149 Å². The summed E-state index contributed by atoms with van der Waals surface area (Å²) in [5.74, 6) is 1.63. The molecule has 3 nitrogen and oxygen atoms in total. The van der Waals surface area contributed by atoms with Gasteiger partial charge in [0.2, 0.25) is 0 Å². The van der Waals surface area contributed by atoms with Gasteiger partial charge < -0.3 is 9.05 Å². The van der Waals surface area contributed by atoms with E-state index in [9.17, 15) is 0 Å². The third kappa shape index (κ3) is 4.42. The van der Waals surface area contributed by atoms with E-state index in [1.54, 1.807) is 0 Å². The zero-order valence-corrected chi connectivity index (χ0v) is 22.7. The molecule has 0 bridgehead atoms. The molecule has 0 saturated carbocycles. The molecule has 0 radical (unpaired) electrons. The van der Waals surface area contributed by atoms with Crippen molar-refractivity contribution in [2.75, 3.05) is 0 Å². The third-order valence-electron chi connectivity index (χ3n) is 7.85. The van der Waals surface area contributed by atoms with Crippen LogP contribution >= 0.6 is 8.60 Å². The second-order valence-electron chi connectivity index (χ2n) is 10.3. The lowest BCUT2D eigenvalue weighted by Crippen LogP contribution is -2.27. The molecule has 0 N–H and O–H groups in total. The predicted octanol–water partition coefficient (Wildman–Crippen LogP) is 9.37. The quantitative estimate of drug-likeness (QED) is 0.218. The summed E-state index contributed by atoms with van der Waals surface area (Å²) in [5.41, 5.74) is 7.96. The van der Waals surface area contributed by atoms with Gasteiger partial charge in [-0.1, -0.05) is 103 Å². The molecule has 1 aliphatic carbocycles. The Morgan fingerprint density at radius 3 is 2.56 bits per heavy atom. The molecule has 1 heterocycles. The molecule has 3 unspecified atom stereocenters. The van der Waals surface area contributed by atoms with Gasteiger partial charge in [0.15, 0.2) is 0 Å². The average Bonchev–Trinajstić information content (AvgIpc) is 3.15. The minimum absolute atomic E-state index is 0.0516. The first-order chi connectivity index (χ1) is 19.2. The summed E-state index contributed by atoms with van der Waals surface area (Å²) >= 11 is 0. The molecule has 192 valence electrons. The van der Waals surface area contributed by atoms with Gasteiger partial charge in [-0.25, -0.2) is 0 Å². The first-order valence-corrected chi connectivity index (χ1v) is 14.5. The molecule has 5 aromatic carbocycles. The van der Waals surface area contributed by atoms with E-state index in [-0.39, 0.29) is 12.0 Å². The van der Waals surface area contributed by atoms with Crippen LogP contribution < -0.4 is 9.05 Å². The molecule has 0 saturated heterocycles. The van der Waals surface area contributed by atoms with Crippen molar-refractivity contribution < 1.29 is 13.6 Å². The van der Waals surface area contributed by atoms with Crippen LogP contribution in [0.4, 0.5) is 0 Å². The zero-order valence-electron chi connectivity index (χ0n) is 21.8. The van der Waals surface area contributed by atoms with Gasteiger partial charge >= 0.3 is 8.60 Å². The lowest BCUT2D eigenvalue weighted by Gasteiger charge is -2.32. The monoisotopic (exact) mass is 528 g/mol. The van der Waals surface area contributed by atoms with Gasteiger partial charge in [-0.2, -0.15) is 0 Å². The van der Waals surface area contributed by atoms with Gasteiger partial charge in [0, 0.05) is 17.0 Å². The number of benzene rings is 5. The van der Waals surface area contributed by atoms with Crippen LogP contribution in [0.5, 0.6) is 11.5 Å². The topological polar surface area (TPSA) is 27.7 Å². The summed E-state index contributed by atoms with van der Waals surface area (Å²) in [6.07, 6.45) is 1.83. The average molecular weight is 529 g/mol. The Balaban J connectivity index is 1.32. The SMILES string of the molecule is C=C(c1ccccc1)c1cc(C)ccc1OP1Oc2ccc3ccccc3c2C2c3ccccc3CCC2O1. The second-order valence-corrected chi connectivity index (χ2v) is 11.3. The maximum atomic E-state index is 6.77. The Morgan fingerprint density at radius 1 is 0.872 bits per heavy atom. The Hall–Kier alpha value is -3.91. The van der Waals surface area contributed by atoms with E-state index >= 15 is 0 Å². The fraction of sp³-hybridized carbons (Fsp3) is 0.143. The van der Waals surface area contributed by atoms with Gasteiger partial charge in [-0.05, 0) is 71.0 Å². The summed E-state index contributed by atoms with van der Waals surface area (Å²) < 4.78 is 20.0. The third-order valence-corrected chi connectivity index (χ3v) is 8.99. The Morgan fingerprint density at radius 2 is 1.67 bits per heavy atom. The fourth-order valence-electron chi connectivity index (χ4n) is 5.95. The van der Waals surface area contributed by atoms with Crippen LogP contribution in [0.2, 0.25) is 0 Å². The second kappa shape index (κ2) is 10.0. The lowest BCUT2D eigenvalue weighted by atomic mass is 9.75. The minimum atomic E-state index is -1.71.